The minimum Gasteiger partial charge on any atom is -0.495 e. The van der Waals surface area contributed by atoms with Crippen LogP contribution >= 0.6 is 0 Å². The summed E-state index contributed by atoms with van der Waals surface area (Å²) in [4.78, 5) is 0. The first-order chi connectivity index (χ1) is 8.26. The minimum atomic E-state index is 0.278. The molecule has 1 aliphatic rings. The third kappa shape index (κ3) is 2.47. The average molecular weight is 236 g/mol. The van der Waals surface area contributed by atoms with Gasteiger partial charge in [-0.3, -0.25) is 0 Å². The molecule has 3 N–H and O–H groups in total. The Morgan fingerprint density at radius 3 is 2.82 bits per heavy atom. The Morgan fingerprint density at radius 2 is 2.12 bits per heavy atom. The van der Waals surface area contributed by atoms with Gasteiger partial charge in [0.05, 0.1) is 30.6 Å². The van der Waals surface area contributed by atoms with Crippen molar-refractivity contribution >= 4 is 11.4 Å². The molecule has 2 unspecified atom stereocenters. The molecule has 0 aromatic heterocycles. The second kappa shape index (κ2) is 5.27. The van der Waals surface area contributed by atoms with Crippen molar-refractivity contribution in [1.82, 2.24) is 0 Å². The Labute approximate surface area is 102 Å². The van der Waals surface area contributed by atoms with Gasteiger partial charge in [0.2, 0.25) is 0 Å². The molecule has 0 radical (unpaired) electrons. The van der Waals surface area contributed by atoms with Crippen molar-refractivity contribution in [1.29, 1.82) is 0 Å². The van der Waals surface area contributed by atoms with E-state index in [1.54, 1.807) is 14.2 Å². The first-order valence-corrected chi connectivity index (χ1v) is 5.98. The van der Waals surface area contributed by atoms with Gasteiger partial charge in [0.25, 0.3) is 0 Å². The van der Waals surface area contributed by atoms with E-state index < -0.39 is 0 Å². The first kappa shape index (κ1) is 12.0. The van der Waals surface area contributed by atoms with Crippen LogP contribution in [0, 0.1) is 0 Å². The number of methoxy groups -OCH3 is 2. The monoisotopic (exact) mass is 236 g/mol. The number of ether oxygens (including phenoxy) is 2. The van der Waals surface area contributed by atoms with Gasteiger partial charge in [0.1, 0.15) is 5.75 Å². The van der Waals surface area contributed by atoms with Crippen molar-refractivity contribution in [2.45, 2.75) is 31.4 Å². The number of nitrogen functional groups attached to an aromatic ring is 1. The predicted molar refractivity (Wildman–Crippen MR) is 69.5 cm³/mol. The molecule has 1 aromatic rings. The molecule has 4 nitrogen and oxygen atoms in total. The molecule has 0 amide bonds. The van der Waals surface area contributed by atoms with Crippen molar-refractivity contribution in [2.24, 2.45) is 0 Å². The Kier molecular flexibility index (Phi) is 3.74. The molecular weight excluding hydrogens is 216 g/mol. The Hall–Kier alpha value is -1.42. The molecule has 1 saturated carbocycles. The van der Waals surface area contributed by atoms with E-state index in [-0.39, 0.29) is 6.10 Å². The maximum Gasteiger partial charge on any atom is 0.143 e. The van der Waals surface area contributed by atoms with Crippen LogP contribution in [0.2, 0.25) is 0 Å². The van der Waals surface area contributed by atoms with Gasteiger partial charge in [-0.15, -0.1) is 0 Å². The molecule has 2 atom stereocenters. The molecule has 0 heterocycles. The molecule has 94 valence electrons. The number of anilines is 2. The summed E-state index contributed by atoms with van der Waals surface area (Å²) in [6.07, 6.45) is 3.70. The van der Waals surface area contributed by atoms with Gasteiger partial charge in [0, 0.05) is 7.11 Å². The van der Waals surface area contributed by atoms with E-state index >= 15 is 0 Å². The van der Waals surface area contributed by atoms with E-state index in [2.05, 4.69) is 5.32 Å². The van der Waals surface area contributed by atoms with E-state index in [1.807, 2.05) is 18.2 Å². The molecule has 0 spiro atoms. The van der Waals surface area contributed by atoms with Crippen LogP contribution in [0.25, 0.3) is 0 Å². The molecule has 2 rings (SSSR count). The molecular formula is C13H20N2O2. The molecule has 4 heteroatoms. The number of rotatable bonds is 4. The van der Waals surface area contributed by atoms with Crippen molar-refractivity contribution in [3.63, 3.8) is 0 Å². The van der Waals surface area contributed by atoms with E-state index in [0.29, 0.717) is 17.5 Å². The van der Waals surface area contributed by atoms with Crippen LogP contribution in [0.15, 0.2) is 18.2 Å². The maximum atomic E-state index is 6.03. The van der Waals surface area contributed by atoms with Gasteiger partial charge >= 0.3 is 0 Å². The normalized spacial score (nSPS) is 23.6. The smallest absolute Gasteiger partial charge is 0.143 e. The summed E-state index contributed by atoms with van der Waals surface area (Å²) in [6.45, 7) is 0. The topological polar surface area (TPSA) is 56.5 Å². The van der Waals surface area contributed by atoms with Gasteiger partial charge in [-0.05, 0) is 31.4 Å². The van der Waals surface area contributed by atoms with Crippen molar-refractivity contribution in [3.05, 3.63) is 18.2 Å². The van der Waals surface area contributed by atoms with Gasteiger partial charge in [-0.1, -0.05) is 6.07 Å². The molecule has 0 saturated heterocycles. The summed E-state index contributed by atoms with van der Waals surface area (Å²) in [5, 5.41) is 3.45. The Balaban J connectivity index is 2.13. The summed E-state index contributed by atoms with van der Waals surface area (Å²) < 4.78 is 10.7. The highest BCUT2D eigenvalue weighted by Gasteiger charge is 2.27. The fraction of sp³-hybridized carbons (Fsp3) is 0.538. The highest BCUT2D eigenvalue weighted by Crippen LogP contribution is 2.32. The highest BCUT2D eigenvalue weighted by atomic mass is 16.5. The second-order valence-electron chi connectivity index (χ2n) is 4.38. The van der Waals surface area contributed by atoms with Crippen LogP contribution < -0.4 is 15.8 Å². The predicted octanol–water partition coefficient (Wildman–Crippen LogP) is 2.26. The third-order valence-corrected chi connectivity index (χ3v) is 3.38. The zero-order valence-corrected chi connectivity index (χ0v) is 10.4. The molecule has 0 bridgehead atoms. The first-order valence-electron chi connectivity index (χ1n) is 5.98. The van der Waals surface area contributed by atoms with Crippen LogP contribution in [0.4, 0.5) is 11.4 Å². The lowest BCUT2D eigenvalue weighted by atomic mass is 10.1. The third-order valence-electron chi connectivity index (χ3n) is 3.38. The number of hydrogen-bond donors (Lipinski definition) is 2. The molecule has 17 heavy (non-hydrogen) atoms. The Morgan fingerprint density at radius 1 is 1.29 bits per heavy atom. The fourth-order valence-corrected chi connectivity index (χ4v) is 2.42. The number of nitrogens with one attached hydrogen (secondary N) is 1. The minimum absolute atomic E-state index is 0.278. The van der Waals surface area contributed by atoms with Gasteiger partial charge in [-0.2, -0.15) is 0 Å². The Bertz CT molecular complexity index is 382. The molecule has 1 aliphatic carbocycles. The lowest BCUT2D eigenvalue weighted by Crippen LogP contribution is -2.30. The number of para-hydroxylation sites is 1. The van der Waals surface area contributed by atoms with Gasteiger partial charge in [0.15, 0.2) is 0 Å². The summed E-state index contributed by atoms with van der Waals surface area (Å²) in [7, 11) is 3.39. The SMILES string of the molecule is COc1cccc(NC2CCCC2OC)c1N. The van der Waals surface area contributed by atoms with E-state index in [0.717, 1.165) is 18.5 Å². The average Bonchev–Trinajstić information content (AvgIpc) is 2.79. The van der Waals surface area contributed by atoms with Crippen LogP contribution in [0.1, 0.15) is 19.3 Å². The number of benzene rings is 1. The quantitative estimate of drug-likeness (QED) is 0.787. The molecule has 1 aromatic carbocycles. The van der Waals surface area contributed by atoms with Crippen molar-refractivity contribution < 1.29 is 9.47 Å². The van der Waals surface area contributed by atoms with Crippen LogP contribution in [-0.2, 0) is 4.74 Å². The maximum absolute atomic E-state index is 6.03. The zero-order chi connectivity index (χ0) is 12.3. The van der Waals surface area contributed by atoms with E-state index in [4.69, 9.17) is 15.2 Å². The summed E-state index contributed by atoms with van der Waals surface area (Å²) in [5.74, 6) is 0.710. The zero-order valence-electron chi connectivity index (χ0n) is 10.4. The summed E-state index contributed by atoms with van der Waals surface area (Å²) >= 11 is 0. The van der Waals surface area contributed by atoms with Gasteiger partial charge in [-0.25, -0.2) is 0 Å². The van der Waals surface area contributed by atoms with Crippen LogP contribution in [-0.4, -0.2) is 26.4 Å². The van der Waals surface area contributed by atoms with Crippen molar-refractivity contribution in [3.8, 4) is 5.75 Å². The van der Waals surface area contributed by atoms with E-state index in [9.17, 15) is 0 Å². The lowest BCUT2D eigenvalue weighted by molar-refractivity contribution is 0.101. The van der Waals surface area contributed by atoms with Crippen molar-refractivity contribution in [2.75, 3.05) is 25.3 Å². The van der Waals surface area contributed by atoms with Crippen LogP contribution in [0.5, 0.6) is 5.75 Å². The van der Waals surface area contributed by atoms with Crippen LogP contribution in [0.3, 0.4) is 0 Å². The largest absolute Gasteiger partial charge is 0.495 e. The number of hydrogen-bond acceptors (Lipinski definition) is 4. The highest BCUT2D eigenvalue weighted by molar-refractivity contribution is 5.73. The summed E-state index contributed by atoms with van der Waals surface area (Å²) in [5.41, 5.74) is 7.62. The lowest BCUT2D eigenvalue weighted by Gasteiger charge is -2.22. The molecule has 1 fully saturated rings. The van der Waals surface area contributed by atoms with Gasteiger partial charge < -0.3 is 20.5 Å². The fourth-order valence-electron chi connectivity index (χ4n) is 2.42. The summed E-state index contributed by atoms with van der Waals surface area (Å²) in [6, 6.07) is 6.12. The van der Waals surface area contributed by atoms with E-state index in [1.165, 1.54) is 6.42 Å². The second-order valence-corrected chi connectivity index (χ2v) is 4.38. The standard InChI is InChI=1S/C13H20N2O2/c1-16-11-7-3-5-9(11)15-10-6-4-8-12(17-2)13(10)14/h4,6,8-9,11,15H,3,5,7,14H2,1-2H3. The number of nitrogens with two attached hydrogens (primary N) is 1. The molecule has 0 aliphatic heterocycles.